The number of ether oxygens (including phenoxy) is 1. The summed E-state index contributed by atoms with van der Waals surface area (Å²) in [7, 11) is 0. The molecule has 3 aromatic rings. The van der Waals surface area contributed by atoms with Crippen LogP contribution in [0.15, 0.2) is 35.8 Å². The van der Waals surface area contributed by atoms with Gasteiger partial charge in [-0.3, -0.25) is 4.90 Å². The maximum atomic E-state index is 9.44. The molecule has 0 saturated carbocycles. The predicted molar refractivity (Wildman–Crippen MR) is 141 cm³/mol. The van der Waals surface area contributed by atoms with Crippen molar-refractivity contribution in [3.05, 3.63) is 52.5 Å². The first-order chi connectivity index (χ1) is 17.2. The molecule has 2 atom stereocenters. The van der Waals surface area contributed by atoms with Crippen molar-refractivity contribution in [1.82, 2.24) is 15.2 Å². The van der Waals surface area contributed by atoms with E-state index in [0.717, 1.165) is 75.5 Å². The number of anilines is 2. The topological polar surface area (TPSA) is 67.7 Å². The zero-order valence-corrected chi connectivity index (χ0v) is 21.1. The highest BCUT2D eigenvalue weighted by atomic mass is 32.1. The third-order valence-electron chi connectivity index (χ3n) is 7.48. The zero-order chi connectivity index (χ0) is 23.8. The highest BCUT2D eigenvalue weighted by Crippen LogP contribution is 2.34. The Morgan fingerprint density at radius 1 is 1.11 bits per heavy atom. The first kappa shape index (κ1) is 22.7. The van der Waals surface area contributed by atoms with Gasteiger partial charge in [0.05, 0.1) is 33.7 Å². The summed E-state index contributed by atoms with van der Waals surface area (Å²) in [6.07, 6.45) is 1.41. The molecule has 0 radical (unpaired) electrons. The molecule has 2 fully saturated rings. The number of fused-ring (bicyclic) bond motifs is 2. The molecule has 0 aliphatic carbocycles. The smallest absolute Gasteiger partial charge is 0.101 e. The van der Waals surface area contributed by atoms with Crippen LogP contribution in [0.1, 0.15) is 23.6 Å². The van der Waals surface area contributed by atoms with Gasteiger partial charge in [0.1, 0.15) is 11.6 Å². The van der Waals surface area contributed by atoms with E-state index in [1.54, 1.807) is 11.3 Å². The number of rotatable bonds is 4. The normalized spacial score (nSPS) is 23.3. The number of morpholine rings is 1. The van der Waals surface area contributed by atoms with E-state index in [-0.39, 0.29) is 12.2 Å². The van der Waals surface area contributed by atoms with Crippen LogP contribution >= 0.6 is 11.3 Å². The molecular formula is C27H32N6OS. The molecule has 0 amide bonds. The lowest BCUT2D eigenvalue weighted by molar-refractivity contribution is -0.0339. The monoisotopic (exact) mass is 488 g/mol. The summed E-state index contributed by atoms with van der Waals surface area (Å²) in [6, 6.07) is 13.3. The van der Waals surface area contributed by atoms with E-state index in [4.69, 9.17) is 4.74 Å². The Morgan fingerprint density at radius 3 is 2.86 bits per heavy atom. The molecule has 1 N–H and O–H groups in total. The van der Waals surface area contributed by atoms with E-state index >= 15 is 0 Å². The van der Waals surface area contributed by atoms with Gasteiger partial charge in [-0.05, 0) is 48.7 Å². The van der Waals surface area contributed by atoms with Gasteiger partial charge in [0.25, 0.3) is 0 Å². The molecule has 4 heterocycles. The van der Waals surface area contributed by atoms with E-state index in [2.05, 4.69) is 62.3 Å². The number of nitrogens with zero attached hydrogens (tertiary/aromatic N) is 5. The quantitative estimate of drug-likeness (QED) is 0.605. The number of benzene rings is 2. The summed E-state index contributed by atoms with van der Waals surface area (Å²) in [5, 5.41) is 12.9. The summed E-state index contributed by atoms with van der Waals surface area (Å²) >= 11 is 1.62. The average Bonchev–Trinajstić information content (AvgIpc) is 3.38. The van der Waals surface area contributed by atoms with Crippen LogP contribution in [-0.4, -0.2) is 74.4 Å². The predicted octanol–water partition coefficient (Wildman–Crippen LogP) is 3.23. The Kier molecular flexibility index (Phi) is 6.33. The van der Waals surface area contributed by atoms with Gasteiger partial charge in [-0.1, -0.05) is 6.07 Å². The molecule has 1 aromatic heterocycles. The Bertz CT molecular complexity index is 1250. The minimum absolute atomic E-state index is 0.152. The minimum Gasteiger partial charge on any atom is -0.370 e. The van der Waals surface area contributed by atoms with Crippen LogP contribution in [0.3, 0.4) is 0 Å². The maximum Gasteiger partial charge on any atom is 0.101 e. The van der Waals surface area contributed by atoms with Crippen molar-refractivity contribution >= 4 is 32.9 Å². The standard InChI is InChI=1S/C27H32N6OS/c1-19-14-33(25-5-3-21(13-28)26-27(25)35-18-30-26)17-24(34-19)16-31-9-6-20-12-23(4-2-22(20)15-31)32-10-7-29-8-11-32/h2-5,12,18-19,24,29H,6-11,14-17H2,1H3/t19-,24+/m1/s1. The highest BCUT2D eigenvalue weighted by Gasteiger charge is 2.30. The summed E-state index contributed by atoms with van der Waals surface area (Å²) in [4.78, 5) is 11.9. The SMILES string of the molecule is C[C@@H]1CN(c2ccc(C#N)c3ncsc23)C[C@H](CN2CCc3cc(N4CCNCC4)ccc3C2)O1. The van der Waals surface area contributed by atoms with E-state index < -0.39 is 0 Å². The lowest BCUT2D eigenvalue weighted by Crippen LogP contribution is -2.51. The largest absolute Gasteiger partial charge is 0.370 e. The number of nitriles is 1. The molecule has 3 aliphatic rings. The van der Waals surface area contributed by atoms with Crippen LogP contribution in [0.2, 0.25) is 0 Å². The van der Waals surface area contributed by atoms with Gasteiger partial charge < -0.3 is 19.9 Å². The number of thiazole rings is 1. The van der Waals surface area contributed by atoms with E-state index in [0.29, 0.717) is 5.56 Å². The summed E-state index contributed by atoms with van der Waals surface area (Å²) in [5.74, 6) is 0. The Morgan fingerprint density at radius 2 is 2.00 bits per heavy atom. The molecule has 182 valence electrons. The first-order valence-corrected chi connectivity index (χ1v) is 13.5. The second kappa shape index (κ2) is 9.75. The van der Waals surface area contributed by atoms with Crippen molar-refractivity contribution in [2.45, 2.75) is 32.1 Å². The Labute approximate surface area is 210 Å². The fourth-order valence-corrected chi connectivity index (χ4v) is 6.64. The molecule has 0 bridgehead atoms. The number of hydrogen-bond donors (Lipinski definition) is 1. The van der Waals surface area contributed by atoms with Crippen molar-refractivity contribution in [3.8, 4) is 6.07 Å². The minimum atomic E-state index is 0.152. The highest BCUT2D eigenvalue weighted by molar-refractivity contribution is 7.17. The molecule has 6 rings (SSSR count). The molecule has 0 spiro atoms. The molecule has 2 saturated heterocycles. The first-order valence-electron chi connectivity index (χ1n) is 12.6. The van der Waals surface area contributed by atoms with Gasteiger partial charge in [-0.25, -0.2) is 4.98 Å². The average molecular weight is 489 g/mol. The van der Waals surface area contributed by atoms with Crippen LogP contribution < -0.4 is 15.1 Å². The van der Waals surface area contributed by atoms with Crippen LogP contribution in [0.5, 0.6) is 0 Å². The lowest BCUT2D eigenvalue weighted by Gasteiger charge is -2.41. The summed E-state index contributed by atoms with van der Waals surface area (Å²) in [6.45, 7) is 11.2. The molecule has 35 heavy (non-hydrogen) atoms. The van der Waals surface area contributed by atoms with E-state index in [9.17, 15) is 5.26 Å². The van der Waals surface area contributed by atoms with Crippen molar-refractivity contribution < 1.29 is 4.74 Å². The third kappa shape index (κ3) is 4.62. The molecule has 2 aromatic carbocycles. The van der Waals surface area contributed by atoms with Gasteiger partial charge in [0, 0.05) is 64.6 Å². The van der Waals surface area contributed by atoms with Crippen LogP contribution in [0.25, 0.3) is 10.2 Å². The number of piperazine rings is 1. The number of aromatic nitrogens is 1. The van der Waals surface area contributed by atoms with Crippen LogP contribution in [-0.2, 0) is 17.7 Å². The molecular weight excluding hydrogens is 456 g/mol. The molecule has 3 aliphatic heterocycles. The van der Waals surface area contributed by atoms with Crippen LogP contribution in [0.4, 0.5) is 11.4 Å². The Hall–Kier alpha value is -2.70. The molecule has 0 unspecified atom stereocenters. The van der Waals surface area contributed by atoms with E-state index in [1.807, 2.05) is 11.6 Å². The summed E-state index contributed by atoms with van der Waals surface area (Å²) in [5.41, 5.74) is 8.81. The Balaban J connectivity index is 1.14. The second-order valence-corrected chi connectivity index (χ2v) is 10.8. The van der Waals surface area contributed by atoms with Crippen molar-refractivity contribution in [1.29, 1.82) is 5.26 Å². The van der Waals surface area contributed by atoms with Crippen molar-refractivity contribution in [2.24, 2.45) is 0 Å². The maximum absolute atomic E-state index is 9.44. The fraction of sp³-hybridized carbons (Fsp3) is 0.481. The summed E-state index contributed by atoms with van der Waals surface area (Å²) < 4.78 is 7.51. The van der Waals surface area contributed by atoms with Crippen molar-refractivity contribution in [3.63, 3.8) is 0 Å². The van der Waals surface area contributed by atoms with Gasteiger partial charge in [0.2, 0.25) is 0 Å². The van der Waals surface area contributed by atoms with Crippen LogP contribution in [0, 0.1) is 11.3 Å². The van der Waals surface area contributed by atoms with Gasteiger partial charge in [-0.2, -0.15) is 5.26 Å². The third-order valence-corrected chi connectivity index (χ3v) is 8.32. The second-order valence-electron chi connectivity index (χ2n) is 9.92. The number of nitrogens with one attached hydrogen (secondary N) is 1. The molecule has 8 heteroatoms. The fourth-order valence-electron chi connectivity index (χ4n) is 5.78. The van der Waals surface area contributed by atoms with Gasteiger partial charge in [0.15, 0.2) is 0 Å². The van der Waals surface area contributed by atoms with Gasteiger partial charge in [-0.15, -0.1) is 11.3 Å². The van der Waals surface area contributed by atoms with E-state index in [1.165, 1.54) is 22.5 Å². The zero-order valence-electron chi connectivity index (χ0n) is 20.2. The van der Waals surface area contributed by atoms with Crippen molar-refractivity contribution in [2.75, 3.05) is 62.2 Å². The lowest BCUT2D eigenvalue weighted by atomic mass is 9.98. The van der Waals surface area contributed by atoms with Gasteiger partial charge >= 0.3 is 0 Å². The molecule has 7 nitrogen and oxygen atoms in total. The number of hydrogen-bond acceptors (Lipinski definition) is 8.